The molecule has 0 bridgehead atoms. The largest absolute Gasteiger partial charge is 0.465 e. The lowest BCUT2D eigenvalue weighted by Crippen LogP contribution is -2.15. The van der Waals surface area contributed by atoms with E-state index in [-0.39, 0.29) is 18.8 Å². The Balaban J connectivity index is 0.00000225. The Hall–Kier alpha value is -1.57. The zero-order chi connectivity index (χ0) is 11.3. The molecule has 0 amide bonds. The fraction of sp³-hybridized carbons (Fsp3) is 0.273. The van der Waals surface area contributed by atoms with Gasteiger partial charge in [0.25, 0.3) is 0 Å². The summed E-state index contributed by atoms with van der Waals surface area (Å²) in [6, 6.07) is 8.40. The molecular formula is C11H13ClN2O2. The Labute approximate surface area is 100 Å². The van der Waals surface area contributed by atoms with Crippen molar-refractivity contribution in [2.24, 2.45) is 5.73 Å². The number of carbonyl (C=O) groups excluding carboxylic acids is 1. The second-order valence-corrected chi connectivity index (χ2v) is 3.05. The zero-order valence-corrected chi connectivity index (χ0v) is 9.66. The van der Waals surface area contributed by atoms with Gasteiger partial charge in [-0.15, -0.1) is 12.4 Å². The van der Waals surface area contributed by atoms with Crippen molar-refractivity contribution in [3.8, 4) is 6.07 Å². The number of nitriles is 1. The van der Waals surface area contributed by atoms with Crippen molar-refractivity contribution in [3.63, 3.8) is 0 Å². The van der Waals surface area contributed by atoms with Crippen LogP contribution in [0.2, 0.25) is 0 Å². The Bertz CT molecular complexity index is 401. The molecule has 5 heteroatoms. The molecule has 1 atom stereocenters. The predicted molar refractivity (Wildman–Crippen MR) is 62.2 cm³/mol. The molecule has 2 N–H and O–H groups in total. The highest BCUT2D eigenvalue weighted by Crippen LogP contribution is 2.19. The molecule has 0 radical (unpaired) electrons. The highest BCUT2D eigenvalue weighted by Gasteiger charge is 2.15. The number of benzene rings is 1. The normalized spacial score (nSPS) is 10.8. The number of hydrogen-bond acceptors (Lipinski definition) is 4. The molecule has 86 valence electrons. The summed E-state index contributed by atoms with van der Waals surface area (Å²) >= 11 is 0. The van der Waals surface area contributed by atoms with Crippen molar-refractivity contribution in [1.82, 2.24) is 0 Å². The molecule has 0 aromatic heterocycles. The summed E-state index contributed by atoms with van der Waals surface area (Å²) in [6.45, 7) is 0. The van der Waals surface area contributed by atoms with Gasteiger partial charge < -0.3 is 10.5 Å². The Morgan fingerprint density at radius 2 is 2.19 bits per heavy atom. The molecule has 0 unspecified atom stereocenters. The van der Waals surface area contributed by atoms with Gasteiger partial charge in [-0.25, -0.2) is 4.79 Å². The maximum atomic E-state index is 11.4. The fourth-order valence-corrected chi connectivity index (χ4v) is 1.32. The van der Waals surface area contributed by atoms with Crippen molar-refractivity contribution in [2.45, 2.75) is 12.5 Å². The van der Waals surface area contributed by atoms with Crippen molar-refractivity contribution in [2.75, 3.05) is 7.11 Å². The summed E-state index contributed by atoms with van der Waals surface area (Å²) in [4.78, 5) is 11.4. The first-order valence-electron chi connectivity index (χ1n) is 4.50. The first-order chi connectivity index (χ1) is 7.20. The lowest BCUT2D eigenvalue weighted by molar-refractivity contribution is 0.0599. The van der Waals surface area contributed by atoms with E-state index in [4.69, 9.17) is 11.0 Å². The van der Waals surface area contributed by atoms with Crippen LogP contribution < -0.4 is 5.73 Å². The molecule has 4 nitrogen and oxygen atoms in total. The molecule has 0 saturated carbocycles. The number of nitrogens with zero attached hydrogens (tertiary/aromatic N) is 1. The molecular weight excluding hydrogens is 228 g/mol. The molecule has 1 rings (SSSR count). The maximum absolute atomic E-state index is 11.4. The highest BCUT2D eigenvalue weighted by atomic mass is 35.5. The first-order valence-corrected chi connectivity index (χ1v) is 4.50. The smallest absolute Gasteiger partial charge is 0.338 e. The fourth-order valence-electron chi connectivity index (χ4n) is 1.32. The Morgan fingerprint density at radius 1 is 1.56 bits per heavy atom. The minimum absolute atomic E-state index is 0. The second-order valence-electron chi connectivity index (χ2n) is 3.05. The van der Waals surface area contributed by atoms with Crippen LogP contribution in [0.5, 0.6) is 0 Å². The Morgan fingerprint density at radius 3 is 2.75 bits per heavy atom. The van der Waals surface area contributed by atoms with Gasteiger partial charge >= 0.3 is 5.97 Å². The van der Waals surface area contributed by atoms with E-state index in [2.05, 4.69) is 4.74 Å². The third-order valence-corrected chi connectivity index (χ3v) is 2.08. The van der Waals surface area contributed by atoms with Crippen LogP contribution in [0.15, 0.2) is 24.3 Å². The molecule has 0 aliphatic heterocycles. The zero-order valence-electron chi connectivity index (χ0n) is 8.84. The molecule has 16 heavy (non-hydrogen) atoms. The van der Waals surface area contributed by atoms with Crippen LogP contribution in [0.25, 0.3) is 0 Å². The number of nitrogens with two attached hydrogens (primary N) is 1. The SMILES string of the molecule is COC(=O)c1ccccc1[C@@H](N)CC#N.Cl. The average Bonchev–Trinajstić information content (AvgIpc) is 2.28. The first kappa shape index (κ1) is 14.4. The van der Waals surface area contributed by atoms with Gasteiger partial charge in [-0.1, -0.05) is 18.2 Å². The third kappa shape index (κ3) is 3.23. The predicted octanol–water partition coefficient (Wildman–Crippen LogP) is 1.81. The number of rotatable bonds is 3. The quantitative estimate of drug-likeness (QED) is 0.818. The highest BCUT2D eigenvalue weighted by molar-refractivity contribution is 5.91. The lowest BCUT2D eigenvalue weighted by atomic mass is 9.99. The monoisotopic (exact) mass is 240 g/mol. The van der Waals surface area contributed by atoms with Gasteiger partial charge in [-0.2, -0.15) is 5.26 Å². The lowest BCUT2D eigenvalue weighted by Gasteiger charge is -2.11. The van der Waals surface area contributed by atoms with Gasteiger partial charge in [0.1, 0.15) is 0 Å². The third-order valence-electron chi connectivity index (χ3n) is 2.08. The van der Waals surface area contributed by atoms with Gasteiger partial charge in [0.15, 0.2) is 0 Å². The molecule has 0 spiro atoms. The van der Waals surface area contributed by atoms with E-state index in [9.17, 15) is 4.79 Å². The number of ether oxygens (including phenoxy) is 1. The number of hydrogen-bond donors (Lipinski definition) is 1. The second kappa shape index (κ2) is 6.83. The van der Waals surface area contributed by atoms with Gasteiger partial charge in [0, 0.05) is 6.04 Å². The Kier molecular flexibility index (Phi) is 6.16. The van der Waals surface area contributed by atoms with Gasteiger partial charge in [0.05, 0.1) is 25.2 Å². The van der Waals surface area contributed by atoms with Crippen LogP contribution >= 0.6 is 12.4 Å². The van der Waals surface area contributed by atoms with E-state index in [1.165, 1.54) is 7.11 Å². The number of halogens is 1. The van der Waals surface area contributed by atoms with E-state index >= 15 is 0 Å². The summed E-state index contributed by atoms with van der Waals surface area (Å²) in [5.74, 6) is -0.431. The molecule has 1 aromatic rings. The van der Waals surface area contributed by atoms with Gasteiger partial charge in [-0.3, -0.25) is 0 Å². The van der Waals surface area contributed by atoms with E-state index < -0.39 is 12.0 Å². The van der Waals surface area contributed by atoms with Crippen molar-refractivity contribution < 1.29 is 9.53 Å². The van der Waals surface area contributed by atoms with Crippen LogP contribution in [0, 0.1) is 11.3 Å². The van der Waals surface area contributed by atoms with Crippen LogP contribution in [-0.4, -0.2) is 13.1 Å². The standard InChI is InChI=1S/C11H12N2O2.ClH/c1-15-11(14)9-5-3-2-4-8(9)10(13)6-7-12;/h2-5,10H,6,13H2,1H3;1H/t10-;/m0./s1. The molecule has 0 aliphatic carbocycles. The summed E-state index contributed by atoms with van der Waals surface area (Å²) in [7, 11) is 1.31. The van der Waals surface area contributed by atoms with Crippen LogP contribution in [0.1, 0.15) is 28.4 Å². The van der Waals surface area contributed by atoms with E-state index in [1.54, 1.807) is 24.3 Å². The topological polar surface area (TPSA) is 76.1 Å². The molecule has 0 fully saturated rings. The summed E-state index contributed by atoms with van der Waals surface area (Å²) in [6.07, 6.45) is 0.175. The number of esters is 1. The molecule has 0 heterocycles. The molecule has 0 saturated heterocycles. The minimum atomic E-state index is -0.453. The maximum Gasteiger partial charge on any atom is 0.338 e. The van der Waals surface area contributed by atoms with Gasteiger partial charge in [0.2, 0.25) is 0 Å². The number of methoxy groups -OCH3 is 1. The van der Waals surface area contributed by atoms with Crippen LogP contribution in [0.3, 0.4) is 0 Å². The average molecular weight is 241 g/mol. The minimum Gasteiger partial charge on any atom is -0.465 e. The summed E-state index contributed by atoms with van der Waals surface area (Å²) < 4.78 is 4.63. The van der Waals surface area contributed by atoms with Crippen LogP contribution in [-0.2, 0) is 4.74 Å². The van der Waals surface area contributed by atoms with Crippen molar-refractivity contribution in [1.29, 1.82) is 5.26 Å². The van der Waals surface area contributed by atoms with E-state index in [1.807, 2.05) is 6.07 Å². The molecule has 1 aromatic carbocycles. The van der Waals surface area contributed by atoms with Crippen molar-refractivity contribution >= 4 is 18.4 Å². The summed E-state index contributed by atoms with van der Waals surface area (Å²) in [5, 5.41) is 8.54. The van der Waals surface area contributed by atoms with Crippen molar-refractivity contribution in [3.05, 3.63) is 35.4 Å². The molecule has 0 aliphatic rings. The van der Waals surface area contributed by atoms with E-state index in [0.717, 1.165) is 0 Å². The van der Waals surface area contributed by atoms with Crippen LogP contribution in [0.4, 0.5) is 0 Å². The van der Waals surface area contributed by atoms with E-state index in [0.29, 0.717) is 11.1 Å². The van der Waals surface area contributed by atoms with Gasteiger partial charge in [-0.05, 0) is 11.6 Å². The number of carbonyl (C=O) groups is 1. The summed E-state index contributed by atoms with van der Waals surface area (Å²) in [5.41, 5.74) is 6.83.